The first-order chi connectivity index (χ1) is 9.07. The van der Waals surface area contributed by atoms with Crippen molar-refractivity contribution in [2.45, 2.75) is 38.1 Å². The van der Waals surface area contributed by atoms with Gasteiger partial charge in [-0.1, -0.05) is 37.0 Å². The summed E-state index contributed by atoms with van der Waals surface area (Å²) in [5.41, 5.74) is 5.93. The molecule has 0 fully saturated rings. The lowest BCUT2D eigenvalue weighted by atomic mass is 10.1. The van der Waals surface area contributed by atoms with Gasteiger partial charge in [-0.25, -0.2) is 8.42 Å². The molecule has 4 nitrogen and oxygen atoms in total. The van der Waals surface area contributed by atoms with E-state index in [1.165, 1.54) is 23.5 Å². The van der Waals surface area contributed by atoms with Crippen LogP contribution in [0.1, 0.15) is 27.2 Å². The van der Waals surface area contributed by atoms with Crippen LogP contribution in [0.4, 0.5) is 5.69 Å². The van der Waals surface area contributed by atoms with E-state index in [0.717, 1.165) is 6.42 Å². The van der Waals surface area contributed by atoms with E-state index >= 15 is 0 Å². The minimum atomic E-state index is -3.75. The van der Waals surface area contributed by atoms with Crippen LogP contribution < -0.4 is 5.73 Å². The van der Waals surface area contributed by atoms with Crippen LogP contribution in [0, 0.1) is 5.92 Å². The predicted molar refractivity (Wildman–Crippen MR) is 84.7 cm³/mol. The fourth-order valence-electron chi connectivity index (χ4n) is 2.04. The quantitative estimate of drug-likeness (QED) is 0.833. The van der Waals surface area contributed by atoms with E-state index in [9.17, 15) is 8.42 Å². The normalized spacial score (nSPS) is 14.0. The number of nitrogens with zero attached hydrogens (tertiary/aromatic N) is 1. The van der Waals surface area contributed by atoms with Crippen molar-refractivity contribution in [3.63, 3.8) is 0 Å². The Morgan fingerprint density at radius 2 is 1.65 bits per heavy atom. The number of halogens is 2. The highest BCUT2D eigenvalue weighted by atomic mass is 35.5. The van der Waals surface area contributed by atoms with E-state index in [2.05, 4.69) is 0 Å². The van der Waals surface area contributed by atoms with Gasteiger partial charge in [0, 0.05) is 18.8 Å². The Hall–Kier alpha value is -0.490. The fourth-order valence-corrected chi connectivity index (χ4v) is 4.58. The molecule has 0 heterocycles. The number of benzene rings is 1. The second kappa shape index (κ2) is 6.52. The number of hydrogen-bond donors (Lipinski definition) is 1. The van der Waals surface area contributed by atoms with E-state index in [4.69, 9.17) is 28.9 Å². The number of sulfonamides is 1. The minimum absolute atomic E-state index is 0.0404. The van der Waals surface area contributed by atoms with Crippen LogP contribution in [-0.2, 0) is 10.0 Å². The van der Waals surface area contributed by atoms with Gasteiger partial charge in [-0.2, -0.15) is 4.31 Å². The smallest absolute Gasteiger partial charge is 0.246 e. The molecule has 7 heteroatoms. The molecule has 0 spiro atoms. The summed E-state index contributed by atoms with van der Waals surface area (Å²) >= 11 is 12.0. The molecule has 0 bridgehead atoms. The monoisotopic (exact) mass is 338 g/mol. The molecule has 1 aromatic carbocycles. The summed E-state index contributed by atoms with van der Waals surface area (Å²) in [5, 5.41) is 0.0807. The van der Waals surface area contributed by atoms with Crippen LogP contribution in [-0.4, -0.2) is 25.8 Å². The molecule has 0 aromatic heterocycles. The minimum Gasteiger partial charge on any atom is -0.399 e. The van der Waals surface area contributed by atoms with Gasteiger partial charge < -0.3 is 5.73 Å². The molecule has 0 aliphatic carbocycles. The molecule has 0 saturated heterocycles. The lowest BCUT2D eigenvalue weighted by molar-refractivity contribution is 0.338. The van der Waals surface area contributed by atoms with E-state index < -0.39 is 10.0 Å². The van der Waals surface area contributed by atoms with Crippen molar-refractivity contribution in [1.82, 2.24) is 4.31 Å². The highest BCUT2D eigenvalue weighted by Gasteiger charge is 2.30. The predicted octanol–water partition coefficient (Wildman–Crippen LogP) is 3.63. The maximum absolute atomic E-state index is 12.6. The van der Waals surface area contributed by atoms with Crippen LogP contribution in [0.3, 0.4) is 0 Å². The Balaban J connectivity index is 3.24. The summed E-state index contributed by atoms with van der Waals surface area (Å²) in [6.07, 6.45) is 0.750. The topological polar surface area (TPSA) is 63.4 Å². The first-order valence-electron chi connectivity index (χ1n) is 6.30. The summed E-state index contributed by atoms with van der Waals surface area (Å²) < 4.78 is 26.6. The average Bonchev–Trinajstić information content (AvgIpc) is 2.24. The van der Waals surface area contributed by atoms with Gasteiger partial charge in [-0.05, 0) is 31.4 Å². The van der Waals surface area contributed by atoms with Crippen LogP contribution in [0.5, 0.6) is 0 Å². The van der Waals surface area contributed by atoms with Gasteiger partial charge in [0.1, 0.15) is 4.90 Å². The maximum Gasteiger partial charge on any atom is 0.246 e. The maximum atomic E-state index is 12.6. The van der Waals surface area contributed by atoms with Crippen molar-refractivity contribution >= 4 is 38.9 Å². The molecular weight excluding hydrogens is 319 g/mol. The SMILES string of the molecule is CC(C)CC(C)N(C)S(=O)(=O)c1c(Cl)cc(N)cc1Cl. The summed E-state index contributed by atoms with van der Waals surface area (Å²) in [6.45, 7) is 5.94. The van der Waals surface area contributed by atoms with E-state index in [1.807, 2.05) is 20.8 Å². The van der Waals surface area contributed by atoms with Gasteiger partial charge in [0.15, 0.2) is 0 Å². The highest BCUT2D eigenvalue weighted by Crippen LogP contribution is 2.34. The number of rotatable bonds is 5. The van der Waals surface area contributed by atoms with E-state index in [-0.39, 0.29) is 21.0 Å². The van der Waals surface area contributed by atoms with Crippen molar-refractivity contribution in [3.8, 4) is 0 Å². The molecule has 1 unspecified atom stereocenters. The van der Waals surface area contributed by atoms with Crippen molar-refractivity contribution in [3.05, 3.63) is 22.2 Å². The lowest BCUT2D eigenvalue weighted by Gasteiger charge is -2.26. The first kappa shape index (κ1) is 17.6. The third-order valence-electron chi connectivity index (χ3n) is 3.09. The molecule has 0 aliphatic rings. The molecular formula is C13H20Cl2N2O2S. The van der Waals surface area contributed by atoms with Gasteiger partial charge in [0.2, 0.25) is 10.0 Å². The molecule has 0 aliphatic heterocycles. The fraction of sp³-hybridized carbons (Fsp3) is 0.538. The van der Waals surface area contributed by atoms with E-state index in [1.54, 1.807) is 0 Å². The standard InChI is InChI=1S/C13H20Cl2N2O2S/c1-8(2)5-9(3)17(4)20(18,19)13-11(14)6-10(16)7-12(13)15/h6-9H,5,16H2,1-4H3. The van der Waals surface area contributed by atoms with Crippen molar-refractivity contribution in [2.24, 2.45) is 5.92 Å². The van der Waals surface area contributed by atoms with Gasteiger partial charge in [0.05, 0.1) is 10.0 Å². The molecule has 2 N–H and O–H groups in total. The second-order valence-electron chi connectivity index (χ2n) is 5.31. The Kier molecular flexibility index (Phi) is 5.72. The summed E-state index contributed by atoms with van der Waals surface area (Å²) in [4.78, 5) is -0.0897. The lowest BCUT2D eigenvalue weighted by Crippen LogP contribution is -2.36. The molecule has 1 atom stereocenters. The summed E-state index contributed by atoms with van der Waals surface area (Å²) in [7, 11) is -2.21. The van der Waals surface area contributed by atoms with Crippen molar-refractivity contribution < 1.29 is 8.42 Å². The van der Waals surface area contributed by atoms with Gasteiger partial charge in [-0.3, -0.25) is 0 Å². The number of nitrogen functional groups attached to an aromatic ring is 1. The van der Waals surface area contributed by atoms with Crippen LogP contribution in [0.15, 0.2) is 17.0 Å². The zero-order chi connectivity index (χ0) is 15.7. The van der Waals surface area contributed by atoms with Gasteiger partial charge >= 0.3 is 0 Å². The third kappa shape index (κ3) is 3.79. The van der Waals surface area contributed by atoms with Crippen LogP contribution in [0.2, 0.25) is 10.0 Å². The number of hydrogen-bond acceptors (Lipinski definition) is 3. The first-order valence-corrected chi connectivity index (χ1v) is 8.49. The van der Waals surface area contributed by atoms with E-state index in [0.29, 0.717) is 11.6 Å². The highest BCUT2D eigenvalue weighted by molar-refractivity contribution is 7.89. The molecule has 0 saturated carbocycles. The molecule has 0 amide bonds. The zero-order valence-electron chi connectivity index (χ0n) is 12.0. The molecule has 114 valence electrons. The second-order valence-corrected chi connectivity index (χ2v) is 8.06. The van der Waals surface area contributed by atoms with Crippen molar-refractivity contribution in [1.29, 1.82) is 0 Å². The average molecular weight is 339 g/mol. The number of nitrogens with two attached hydrogens (primary N) is 1. The Morgan fingerprint density at radius 3 is 2.05 bits per heavy atom. The Morgan fingerprint density at radius 1 is 1.20 bits per heavy atom. The van der Waals surface area contributed by atoms with Crippen LogP contribution >= 0.6 is 23.2 Å². The van der Waals surface area contributed by atoms with Crippen LogP contribution in [0.25, 0.3) is 0 Å². The summed E-state index contributed by atoms with van der Waals surface area (Å²) in [6, 6.07) is 2.63. The zero-order valence-corrected chi connectivity index (χ0v) is 14.4. The molecule has 1 aromatic rings. The van der Waals surface area contributed by atoms with Crippen molar-refractivity contribution in [2.75, 3.05) is 12.8 Å². The molecule has 0 radical (unpaired) electrons. The summed E-state index contributed by atoms with van der Waals surface area (Å²) in [5.74, 6) is 0.389. The Bertz CT molecular complexity index is 565. The molecule has 20 heavy (non-hydrogen) atoms. The number of anilines is 1. The van der Waals surface area contributed by atoms with Gasteiger partial charge in [-0.15, -0.1) is 0 Å². The third-order valence-corrected chi connectivity index (χ3v) is 5.99. The largest absolute Gasteiger partial charge is 0.399 e. The van der Waals surface area contributed by atoms with Gasteiger partial charge in [0.25, 0.3) is 0 Å². The molecule has 1 rings (SSSR count). The Labute approximate surface area is 130 Å².